The smallest absolute Gasteiger partial charge is 0.277 e. The van der Waals surface area contributed by atoms with Crippen molar-refractivity contribution in [2.24, 2.45) is 0 Å². The number of H-pyrrole nitrogens is 1. The molecule has 2 N–H and O–H groups in total. The lowest BCUT2D eigenvalue weighted by Gasteiger charge is -2.05. The van der Waals surface area contributed by atoms with E-state index in [-0.39, 0.29) is 11.9 Å². The van der Waals surface area contributed by atoms with E-state index in [1.165, 1.54) is 0 Å². The Hall–Kier alpha value is -2.97. The summed E-state index contributed by atoms with van der Waals surface area (Å²) >= 11 is 0. The first-order chi connectivity index (χ1) is 10.2. The molecule has 1 amide bonds. The fourth-order valence-corrected chi connectivity index (χ4v) is 2.07. The zero-order valence-corrected chi connectivity index (χ0v) is 11.5. The van der Waals surface area contributed by atoms with E-state index in [4.69, 9.17) is 4.74 Å². The van der Waals surface area contributed by atoms with Gasteiger partial charge >= 0.3 is 0 Å². The number of pyridine rings is 1. The van der Waals surface area contributed by atoms with Gasteiger partial charge < -0.3 is 4.74 Å². The molecule has 0 saturated heterocycles. The molecule has 0 aromatic carbocycles. The Morgan fingerprint density at radius 2 is 2.38 bits per heavy atom. The number of hydrogen-bond donors (Lipinski definition) is 2. The number of aryl methyl sites for hydroxylation is 1. The number of rotatable bonds is 4. The van der Waals surface area contributed by atoms with Crippen LogP contribution < -0.4 is 10.1 Å². The summed E-state index contributed by atoms with van der Waals surface area (Å²) in [5.41, 5.74) is 1.58. The standard InChI is InChI=1S/C12H13N7O2/c1-3-21-8-5-4-6-19-9(7(2)13-10(8)19)11(20)14-12-15-17-18-16-12/h4-6H,3H2,1-2H3,(H2,14,15,16,17,18,20). The van der Waals surface area contributed by atoms with Crippen molar-refractivity contribution >= 4 is 17.5 Å². The number of hydrogen-bond acceptors (Lipinski definition) is 6. The maximum Gasteiger partial charge on any atom is 0.277 e. The van der Waals surface area contributed by atoms with Crippen LogP contribution in [0.1, 0.15) is 23.1 Å². The summed E-state index contributed by atoms with van der Waals surface area (Å²) in [6.07, 6.45) is 1.75. The number of tetrazole rings is 1. The van der Waals surface area contributed by atoms with Crippen LogP contribution in [0, 0.1) is 6.92 Å². The van der Waals surface area contributed by atoms with Gasteiger partial charge in [0.2, 0.25) is 0 Å². The van der Waals surface area contributed by atoms with E-state index in [0.29, 0.717) is 29.4 Å². The predicted molar refractivity (Wildman–Crippen MR) is 73.2 cm³/mol. The Balaban J connectivity index is 2.04. The predicted octanol–water partition coefficient (Wildman–Crippen LogP) is 0.807. The minimum absolute atomic E-state index is 0.107. The van der Waals surface area contributed by atoms with Gasteiger partial charge in [-0.15, -0.1) is 5.10 Å². The third kappa shape index (κ3) is 2.29. The van der Waals surface area contributed by atoms with E-state index in [1.54, 1.807) is 23.6 Å². The summed E-state index contributed by atoms with van der Waals surface area (Å²) in [4.78, 5) is 16.7. The maximum absolute atomic E-state index is 12.3. The van der Waals surface area contributed by atoms with Crippen LogP contribution in [0.15, 0.2) is 18.3 Å². The van der Waals surface area contributed by atoms with Crippen molar-refractivity contribution in [1.82, 2.24) is 30.0 Å². The first kappa shape index (κ1) is 13.0. The number of carbonyl (C=O) groups is 1. The third-order valence-electron chi connectivity index (χ3n) is 2.87. The Labute approximate surface area is 119 Å². The first-order valence-electron chi connectivity index (χ1n) is 6.36. The number of nitrogens with zero attached hydrogens (tertiary/aromatic N) is 5. The number of ether oxygens (including phenoxy) is 1. The maximum atomic E-state index is 12.3. The molecule has 108 valence electrons. The molecular formula is C12H13N7O2. The lowest BCUT2D eigenvalue weighted by molar-refractivity contribution is 0.102. The van der Waals surface area contributed by atoms with Gasteiger partial charge in [-0.2, -0.15) is 5.21 Å². The third-order valence-corrected chi connectivity index (χ3v) is 2.87. The van der Waals surface area contributed by atoms with Crippen molar-refractivity contribution in [2.45, 2.75) is 13.8 Å². The van der Waals surface area contributed by atoms with Crippen molar-refractivity contribution in [2.75, 3.05) is 11.9 Å². The first-order valence-corrected chi connectivity index (χ1v) is 6.36. The molecule has 9 heteroatoms. The van der Waals surface area contributed by atoms with Crippen LogP contribution in [0.5, 0.6) is 5.75 Å². The van der Waals surface area contributed by atoms with E-state index in [0.717, 1.165) is 0 Å². The summed E-state index contributed by atoms with van der Waals surface area (Å²) in [7, 11) is 0. The number of imidazole rings is 1. The zero-order valence-electron chi connectivity index (χ0n) is 11.5. The lowest BCUT2D eigenvalue weighted by atomic mass is 10.3. The van der Waals surface area contributed by atoms with Crippen LogP contribution >= 0.6 is 0 Å². The molecule has 0 radical (unpaired) electrons. The highest BCUT2D eigenvalue weighted by Crippen LogP contribution is 2.22. The Morgan fingerprint density at radius 3 is 3.10 bits per heavy atom. The Bertz CT molecular complexity index is 778. The van der Waals surface area contributed by atoms with Crippen LogP contribution in [-0.4, -0.2) is 42.5 Å². The van der Waals surface area contributed by atoms with E-state index < -0.39 is 0 Å². The zero-order chi connectivity index (χ0) is 14.8. The van der Waals surface area contributed by atoms with Crippen LogP contribution in [0.2, 0.25) is 0 Å². The highest BCUT2D eigenvalue weighted by Gasteiger charge is 2.19. The number of amides is 1. The summed E-state index contributed by atoms with van der Waals surface area (Å²) < 4.78 is 7.19. The van der Waals surface area contributed by atoms with Crippen LogP contribution in [0.25, 0.3) is 5.65 Å². The van der Waals surface area contributed by atoms with Gasteiger partial charge in [0.15, 0.2) is 11.4 Å². The van der Waals surface area contributed by atoms with Crippen LogP contribution in [0.3, 0.4) is 0 Å². The Morgan fingerprint density at radius 1 is 1.52 bits per heavy atom. The quantitative estimate of drug-likeness (QED) is 0.734. The largest absolute Gasteiger partial charge is 0.490 e. The Kier molecular flexibility index (Phi) is 3.22. The van der Waals surface area contributed by atoms with E-state index >= 15 is 0 Å². The molecule has 3 aromatic rings. The molecule has 0 aliphatic heterocycles. The topological polar surface area (TPSA) is 110 Å². The van der Waals surface area contributed by atoms with Gasteiger partial charge in [-0.05, 0) is 31.2 Å². The summed E-state index contributed by atoms with van der Waals surface area (Å²) in [6, 6.07) is 3.61. The van der Waals surface area contributed by atoms with E-state index in [9.17, 15) is 4.79 Å². The van der Waals surface area contributed by atoms with Gasteiger partial charge in [-0.1, -0.05) is 5.10 Å². The molecule has 3 rings (SSSR count). The van der Waals surface area contributed by atoms with Gasteiger partial charge in [0.05, 0.1) is 12.3 Å². The van der Waals surface area contributed by atoms with Crippen molar-refractivity contribution in [1.29, 1.82) is 0 Å². The number of anilines is 1. The molecule has 0 saturated carbocycles. The number of nitrogens with one attached hydrogen (secondary N) is 2. The average Bonchev–Trinajstić information content (AvgIpc) is 3.06. The molecular weight excluding hydrogens is 274 g/mol. The van der Waals surface area contributed by atoms with Gasteiger partial charge in [0.25, 0.3) is 11.9 Å². The normalized spacial score (nSPS) is 10.8. The van der Waals surface area contributed by atoms with Gasteiger partial charge in [0.1, 0.15) is 5.69 Å². The second-order valence-corrected chi connectivity index (χ2v) is 4.23. The molecule has 0 atom stereocenters. The fourth-order valence-electron chi connectivity index (χ4n) is 2.07. The van der Waals surface area contributed by atoms with Crippen molar-refractivity contribution in [3.63, 3.8) is 0 Å². The molecule has 0 spiro atoms. The molecule has 9 nitrogen and oxygen atoms in total. The molecule has 21 heavy (non-hydrogen) atoms. The summed E-state index contributed by atoms with van der Waals surface area (Å²) in [5.74, 6) is 0.368. The highest BCUT2D eigenvalue weighted by molar-refractivity contribution is 6.03. The molecule has 0 aliphatic carbocycles. The number of aromatic amines is 1. The number of fused-ring (bicyclic) bond motifs is 1. The lowest BCUT2D eigenvalue weighted by Crippen LogP contribution is -2.16. The minimum atomic E-state index is -0.366. The van der Waals surface area contributed by atoms with Crippen molar-refractivity contribution < 1.29 is 9.53 Å². The van der Waals surface area contributed by atoms with Crippen molar-refractivity contribution in [3.8, 4) is 5.75 Å². The second-order valence-electron chi connectivity index (χ2n) is 4.23. The molecule has 3 heterocycles. The SMILES string of the molecule is CCOc1cccn2c(C(=O)Nc3nn[nH]n3)c(C)nc12. The number of aromatic nitrogens is 6. The molecule has 0 aliphatic rings. The molecule has 3 aromatic heterocycles. The molecule has 0 fully saturated rings. The summed E-state index contributed by atoms with van der Waals surface area (Å²) in [5, 5.41) is 15.6. The van der Waals surface area contributed by atoms with Gasteiger partial charge in [-0.25, -0.2) is 4.98 Å². The van der Waals surface area contributed by atoms with Gasteiger partial charge in [0, 0.05) is 6.20 Å². The van der Waals surface area contributed by atoms with E-state index in [1.807, 2.05) is 13.0 Å². The average molecular weight is 287 g/mol. The summed E-state index contributed by atoms with van der Waals surface area (Å²) in [6.45, 7) is 4.17. The molecule has 0 unspecified atom stereocenters. The van der Waals surface area contributed by atoms with Crippen LogP contribution in [0.4, 0.5) is 5.95 Å². The van der Waals surface area contributed by atoms with E-state index in [2.05, 4.69) is 30.9 Å². The van der Waals surface area contributed by atoms with Crippen molar-refractivity contribution in [3.05, 3.63) is 29.7 Å². The molecule has 0 bridgehead atoms. The second kappa shape index (κ2) is 5.19. The highest BCUT2D eigenvalue weighted by atomic mass is 16.5. The minimum Gasteiger partial charge on any atom is -0.490 e. The number of carbonyl (C=O) groups excluding carboxylic acids is 1. The van der Waals surface area contributed by atoms with Gasteiger partial charge in [-0.3, -0.25) is 14.5 Å². The fraction of sp³-hybridized carbons (Fsp3) is 0.250. The van der Waals surface area contributed by atoms with Crippen LogP contribution in [-0.2, 0) is 0 Å². The monoisotopic (exact) mass is 287 g/mol.